The van der Waals surface area contributed by atoms with Crippen molar-refractivity contribution in [3.63, 3.8) is 0 Å². The number of nitrogens with one attached hydrogen (secondary N) is 2. The van der Waals surface area contributed by atoms with E-state index in [1.807, 2.05) is 0 Å². The Labute approximate surface area is 307 Å². The van der Waals surface area contributed by atoms with Crippen molar-refractivity contribution in [2.75, 3.05) is 53.3 Å². The fourth-order valence-electron chi connectivity index (χ4n) is 6.85. The maximum absolute atomic E-state index is 12.0. The average Bonchev–Trinajstić information content (AvgIpc) is 3.63. The summed E-state index contributed by atoms with van der Waals surface area (Å²) in [7, 11) is 1.46. The third-order valence-corrected chi connectivity index (χ3v) is 9.96. The summed E-state index contributed by atoms with van der Waals surface area (Å²) in [5, 5.41) is 34.0. The molecule has 1 saturated heterocycles. The zero-order valence-corrected chi connectivity index (χ0v) is 30.1. The molecule has 2 fully saturated rings. The second kappa shape index (κ2) is 18.7. The van der Waals surface area contributed by atoms with Crippen molar-refractivity contribution in [1.29, 1.82) is 0 Å². The molecule has 3 heterocycles. The molecular formula is C37H49N5O11. The molecule has 288 valence electrons. The first-order valence-electron chi connectivity index (χ1n) is 18.2. The van der Waals surface area contributed by atoms with Gasteiger partial charge in [0, 0.05) is 55.4 Å². The Morgan fingerprint density at radius 3 is 2.53 bits per heavy atom. The van der Waals surface area contributed by atoms with Crippen LogP contribution in [-0.2, 0) is 25.4 Å². The highest BCUT2D eigenvalue weighted by Gasteiger charge is 2.49. The van der Waals surface area contributed by atoms with Gasteiger partial charge in [-0.3, -0.25) is 0 Å². The highest BCUT2D eigenvalue weighted by Crippen LogP contribution is 2.52. The number of benzene rings is 1. The molecular weight excluding hydrogens is 690 g/mol. The summed E-state index contributed by atoms with van der Waals surface area (Å²) < 4.78 is 39.6. The van der Waals surface area contributed by atoms with E-state index in [2.05, 4.69) is 37.1 Å². The van der Waals surface area contributed by atoms with E-state index in [-0.39, 0.29) is 18.6 Å². The number of aliphatic hydroxyl groups is 3. The fraction of sp³-hybridized carbons (Fsp3) is 0.622. The number of hydrogen-bond acceptors (Lipinski definition) is 14. The number of fused-ring (bicyclic) bond motifs is 2. The highest BCUT2D eigenvalue weighted by atomic mass is 16.7. The van der Waals surface area contributed by atoms with Gasteiger partial charge in [-0.25, -0.2) is 4.79 Å². The summed E-state index contributed by atoms with van der Waals surface area (Å²) in [6, 6.07) is 5.37. The van der Waals surface area contributed by atoms with Gasteiger partial charge in [0.15, 0.2) is 0 Å². The number of hydrogen-bond donors (Lipinski definition) is 5. The lowest BCUT2D eigenvalue weighted by Crippen LogP contribution is -2.56. The second-order valence-corrected chi connectivity index (χ2v) is 13.4. The van der Waals surface area contributed by atoms with E-state index < -0.39 is 36.6 Å². The quantitative estimate of drug-likeness (QED) is 0.0939. The van der Waals surface area contributed by atoms with E-state index in [1.165, 1.54) is 7.11 Å². The maximum atomic E-state index is 12.0. The number of H-pyrrole nitrogens is 1. The Morgan fingerprint density at radius 1 is 1.02 bits per heavy atom. The van der Waals surface area contributed by atoms with Gasteiger partial charge in [-0.1, -0.05) is 6.92 Å². The number of aryl methyl sites for hydroxylation is 1. The van der Waals surface area contributed by atoms with Crippen molar-refractivity contribution in [1.82, 2.24) is 25.3 Å². The molecule has 3 aromatic rings. The smallest absolute Gasteiger partial charge is 0.407 e. The zero-order chi connectivity index (χ0) is 37.2. The number of carbonyl (C=O) groups is 1. The van der Waals surface area contributed by atoms with E-state index in [9.17, 15) is 20.1 Å². The average molecular weight is 740 g/mol. The van der Waals surface area contributed by atoms with Gasteiger partial charge >= 0.3 is 18.1 Å². The molecule has 0 spiro atoms. The molecule has 5 N–H and O–H groups in total. The van der Waals surface area contributed by atoms with Crippen LogP contribution in [0.1, 0.15) is 44.9 Å². The van der Waals surface area contributed by atoms with Crippen LogP contribution in [0, 0.1) is 35.5 Å². The number of aliphatic hydroxyl groups excluding tert-OH is 3. The third kappa shape index (κ3) is 10.3. The third-order valence-electron chi connectivity index (χ3n) is 9.96. The van der Waals surface area contributed by atoms with Crippen LogP contribution in [0.5, 0.6) is 23.5 Å². The van der Waals surface area contributed by atoms with Crippen molar-refractivity contribution in [3.8, 4) is 35.4 Å². The molecule has 53 heavy (non-hydrogen) atoms. The summed E-state index contributed by atoms with van der Waals surface area (Å²) in [6.07, 6.45) is 2.07. The van der Waals surface area contributed by atoms with Crippen LogP contribution in [0.15, 0.2) is 24.4 Å². The van der Waals surface area contributed by atoms with E-state index in [0.717, 1.165) is 31.2 Å². The Hall–Kier alpha value is -4.24. The molecule has 1 unspecified atom stereocenters. The van der Waals surface area contributed by atoms with Gasteiger partial charge in [0.05, 0.1) is 52.4 Å². The largest absolute Gasteiger partial charge is 0.467 e. The lowest BCUT2D eigenvalue weighted by Gasteiger charge is -2.40. The van der Waals surface area contributed by atoms with Gasteiger partial charge in [-0.2, -0.15) is 9.97 Å². The van der Waals surface area contributed by atoms with Crippen LogP contribution in [-0.4, -0.2) is 119 Å². The number of methoxy groups -OCH3 is 1. The Balaban J connectivity index is 0.885. The van der Waals surface area contributed by atoms with E-state index in [1.54, 1.807) is 31.3 Å². The minimum atomic E-state index is -1.31. The number of carbonyl (C=O) groups excluding carboxylic acids is 1. The molecule has 2 aromatic heterocycles. The SMILES string of the molecule is COc1nc(CCCOCCOCCNC(=O)OCC2[C@H]3CCC#CCC[C@@H]23)nc(Oc2ccc3[nH]cc(O[C@@H]4O[C@H](CO)[C@@H](C)[C@H](O)[C@H]4O)c3c2)n1. The summed E-state index contributed by atoms with van der Waals surface area (Å²) in [4.78, 5) is 28.1. The van der Waals surface area contributed by atoms with E-state index >= 15 is 0 Å². The predicted molar refractivity (Wildman–Crippen MR) is 188 cm³/mol. The van der Waals surface area contributed by atoms with Gasteiger partial charge < -0.3 is 58.8 Å². The van der Waals surface area contributed by atoms with Gasteiger partial charge in [0.2, 0.25) is 6.29 Å². The van der Waals surface area contributed by atoms with Crippen molar-refractivity contribution in [2.45, 2.75) is 70.1 Å². The Morgan fingerprint density at radius 2 is 1.77 bits per heavy atom. The minimum absolute atomic E-state index is 0.0383. The topological polar surface area (TPSA) is 209 Å². The molecule has 1 saturated carbocycles. The van der Waals surface area contributed by atoms with Crippen LogP contribution < -0.4 is 19.5 Å². The monoisotopic (exact) mass is 739 g/mol. The molecule has 0 bridgehead atoms. The zero-order valence-electron chi connectivity index (χ0n) is 30.1. The van der Waals surface area contributed by atoms with Crippen LogP contribution in [0.25, 0.3) is 10.9 Å². The fourth-order valence-corrected chi connectivity index (χ4v) is 6.85. The first-order valence-corrected chi connectivity index (χ1v) is 18.2. The number of nitrogens with zero attached hydrogens (tertiary/aromatic N) is 3. The lowest BCUT2D eigenvalue weighted by atomic mass is 9.91. The summed E-state index contributed by atoms with van der Waals surface area (Å²) in [6.45, 7) is 3.79. The first kappa shape index (κ1) is 38.5. The van der Waals surface area contributed by atoms with Crippen molar-refractivity contribution in [3.05, 3.63) is 30.2 Å². The number of aromatic amines is 1. The number of rotatable bonds is 18. The lowest BCUT2D eigenvalue weighted by molar-refractivity contribution is -0.260. The van der Waals surface area contributed by atoms with E-state index in [0.29, 0.717) is 92.9 Å². The predicted octanol–water partition coefficient (Wildman–Crippen LogP) is 2.74. The Bertz CT molecular complexity index is 1690. The van der Waals surface area contributed by atoms with E-state index in [4.69, 9.17) is 33.2 Å². The van der Waals surface area contributed by atoms with Crippen molar-refractivity contribution >= 4 is 17.0 Å². The van der Waals surface area contributed by atoms with Crippen molar-refractivity contribution < 1.29 is 53.3 Å². The Kier molecular flexibility index (Phi) is 13.6. The van der Waals surface area contributed by atoms with Gasteiger partial charge in [-0.05, 0) is 55.2 Å². The molecule has 3 aliphatic rings. The summed E-state index contributed by atoms with van der Waals surface area (Å²) in [5.74, 6) is 8.89. The number of alkyl carbamates (subject to hydrolysis) is 1. The van der Waals surface area contributed by atoms with Crippen LogP contribution >= 0.6 is 0 Å². The molecule has 16 nitrogen and oxygen atoms in total. The maximum Gasteiger partial charge on any atom is 0.407 e. The molecule has 16 heteroatoms. The highest BCUT2D eigenvalue weighted by molar-refractivity contribution is 5.87. The van der Waals surface area contributed by atoms with Crippen LogP contribution in [0.3, 0.4) is 0 Å². The van der Waals surface area contributed by atoms with Crippen LogP contribution in [0.2, 0.25) is 0 Å². The van der Waals surface area contributed by atoms with Gasteiger partial charge in [0.1, 0.15) is 23.4 Å². The molecule has 1 aromatic carbocycles. The number of aromatic nitrogens is 4. The minimum Gasteiger partial charge on any atom is -0.467 e. The molecule has 8 atom stereocenters. The molecule has 1 aliphatic heterocycles. The number of ether oxygens (including phenoxy) is 7. The second-order valence-electron chi connectivity index (χ2n) is 13.4. The molecule has 2 aliphatic carbocycles. The normalized spacial score (nSPS) is 26.4. The molecule has 0 radical (unpaired) electrons. The molecule has 6 rings (SSSR count). The summed E-state index contributed by atoms with van der Waals surface area (Å²) in [5.41, 5.74) is 0.726. The first-order chi connectivity index (χ1) is 25.8. The van der Waals surface area contributed by atoms with Crippen LogP contribution in [0.4, 0.5) is 4.79 Å². The standard InChI is InChI=1S/C37H49N5O11/c1-22-30(20-43)53-34(33(45)32(22)44)52-29-19-39-28-12-11-23(18-26(28)29)51-36-41-31(40-35(42-36)47-2)10-7-14-48-16-17-49-15-13-38-37(46)50-21-27-24-8-5-3-4-6-9-25(24)27/h11-12,18-19,22,24-25,27,30,32-34,39,43-45H,5-10,13-17,20-21H2,1-2H3,(H,38,46)/t22-,24-,25+,27?,30-,32+,33-,34-/m1/s1. The van der Waals surface area contributed by atoms with Gasteiger partial charge in [-0.15, -0.1) is 16.8 Å². The van der Waals surface area contributed by atoms with Gasteiger partial charge in [0.25, 0.3) is 0 Å². The molecule has 1 amide bonds. The summed E-state index contributed by atoms with van der Waals surface area (Å²) >= 11 is 0. The number of amides is 1. The van der Waals surface area contributed by atoms with Crippen molar-refractivity contribution in [2.24, 2.45) is 23.7 Å².